The van der Waals surface area contributed by atoms with Crippen LogP contribution in [-0.2, 0) is 11.3 Å². The van der Waals surface area contributed by atoms with Crippen molar-refractivity contribution in [3.63, 3.8) is 0 Å². The van der Waals surface area contributed by atoms with Crippen LogP contribution < -0.4 is 10.2 Å². The topological polar surface area (TPSA) is 50.2 Å². The van der Waals surface area contributed by atoms with Crippen LogP contribution in [0.15, 0.2) is 30.6 Å². The van der Waals surface area contributed by atoms with Crippen LogP contribution in [0.3, 0.4) is 0 Å². The summed E-state index contributed by atoms with van der Waals surface area (Å²) in [6.07, 6.45) is 7.39. The summed E-state index contributed by atoms with van der Waals surface area (Å²) < 4.78 is 2.05. The zero-order valence-electron chi connectivity index (χ0n) is 14.0. The fraction of sp³-hybridized carbons (Fsp3) is 0.444. The van der Waals surface area contributed by atoms with Crippen LogP contribution in [0.5, 0.6) is 0 Å². The van der Waals surface area contributed by atoms with Crippen LogP contribution in [0, 0.1) is 6.92 Å². The maximum Gasteiger partial charge on any atom is 0.224 e. The Morgan fingerprint density at radius 1 is 1.33 bits per heavy atom. The summed E-state index contributed by atoms with van der Waals surface area (Å²) >= 11 is 6.38. The highest BCUT2D eigenvalue weighted by molar-refractivity contribution is 6.33. The van der Waals surface area contributed by atoms with E-state index in [9.17, 15) is 4.79 Å². The molecule has 0 atom stereocenters. The number of hydrogen-bond donors (Lipinski definition) is 1. The molecule has 1 fully saturated rings. The van der Waals surface area contributed by atoms with E-state index in [4.69, 9.17) is 11.6 Å². The fourth-order valence-corrected chi connectivity index (χ4v) is 3.37. The Morgan fingerprint density at radius 2 is 2.12 bits per heavy atom. The average molecular weight is 347 g/mol. The molecule has 1 amide bonds. The molecule has 1 aromatic heterocycles. The molecule has 128 valence electrons. The van der Waals surface area contributed by atoms with Gasteiger partial charge >= 0.3 is 0 Å². The minimum atomic E-state index is 0.0118. The lowest BCUT2D eigenvalue weighted by molar-refractivity contribution is -0.116. The van der Waals surface area contributed by atoms with Crippen LogP contribution in [0.4, 0.5) is 11.4 Å². The first-order valence-corrected chi connectivity index (χ1v) is 8.83. The van der Waals surface area contributed by atoms with Crippen molar-refractivity contribution in [2.45, 2.75) is 39.2 Å². The molecule has 0 radical (unpaired) electrons. The number of rotatable bonds is 6. The van der Waals surface area contributed by atoms with Gasteiger partial charge in [-0.15, -0.1) is 0 Å². The van der Waals surface area contributed by atoms with Crippen molar-refractivity contribution in [2.24, 2.45) is 0 Å². The molecule has 1 aromatic carbocycles. The molecule has 24 heavy (non-hydrogen) atoms. The number of hydrogen-bond acceptors (Lipinski definition) is 3. The first-order chi connectivity index (χ1) is 11.6. The Balaban J connectivity index is 1.50. The van der Waals surface area contributed by atoms with E-state index in [-0.39, 0.29) is 5.91 Å². The number of aryl methyl sites for hydroxylation is 2. The van der Waals surface area contributed by atoms with Gasteiger partial charge in [-0.2, -0.15) is 0 Å². The van der Waals surface area contributed by atoms with Crippen molar-refractivity contribution in [3.05, 3.63) is 41.4 Å². The molecule has 2 aromatic rings. The maximum absolute atomic E-state index is 12.1. The molecule has 6 heteroatoms. The van der Waals surface area contributed by atoms with Gasteiger partial charge in [0, 0.05) is 44.1 Å². The highest BCUT2D eigenvalue weighted by atomic mass is 35.5. The number of aromatic nitrogens is 2. The van der Waals surface area contributed by atoms with Crippen molar-refractivity contribution in [1.82, 2.24) is 9.55 Å². The number of benzene rings is 1. The van der Waals surface area contributed by atoms with Gasteiger partial charge in [-0.05, 0) is 44.4 Å². The van der Waals surface area contributed by atoms with E-state index in [0.29, 0.717) is 11.4 Å². The predicted octanol–water partition coefficient (Wildman–Crippen LogP) is 3.86. The van der Waals surface area contributed by atoms with Crippen molar-refractivity contribution >= 4 is 28.9 Å². The normalized spacial score (nSPS) is 14.2. The number of anilines is 2. The van der Waals surface area contributed by atoms with E-state index in [1.54, 1.807) is 6.20 Å². The summed E-state index contributed by atoms with van der Waals surface area (Å²) in [4.78, 5) is 18.6. The molecular weight excluding hydrogens is 324 g/mol. The quantitative estimate of drug-likeness (QED) is 0.864. The zero-order chi connectivity index (χ0) is 16.9. The van der Waals surface area contributed by atoms with E-state index in [1.807, 2.05) is 31.3 Å². The van der Waals surface area contributed by atoms with Gasteiger partial charge in [-0.1, -0.05) is 11.6 Å². The second-order valence-corrected chi connectivity index (χ2v) is 6.59. The molecule has 3 rings (SSSR count). The van der Waals surface area contributed by atoms with Crippen LogP contribution in [0.1, 0.15) is 31.5 Å². The fourth-order valence-electron chi connectivity index (χ4n) is 3.07. The third-order valence-electron chi connectivity index (χ3n) is 4.40. The van der Waals surface area contributed by atoms with Crippen LogP contribution in [0.25, 0.3) is 0 Å². The number of carbonyl (C=O) groups is 1. The molecule has 1 saturated heterocycles. The number of halogens is 1. The lowest BCUT2D eigenvalue weighted by Crippen LogP contribution is -2.18. The van der Waals surface area contributed by atoms with Gasteiger partial charge < -0.3 is 14.8 Å². The lowest BCUT2D eigenvalue weighted by atomic mass is 10.2. The Labute approximate surface area is 147 Å². The molecule has 0 aliphatic carbocycles. The van der Waals surface area contributed by atoms with E-state index >= 15 is 0 Å². The summed E-state index contributed by atoms with van der Waals surface area (Å²) in [7, 11) is 0. The van der Waals surface area contributed by atoms with Gasteiger partial charge in [0.1, 0.15) is 5.82 Å². The number of nitrogens with one attached hydrogen (secondary N) is 1. The lowest BCUT2D eigenvalue weighted by Gasteiger charge is -2.19. The smallest absolute Gasteiger partial charge is 0.224 e. The predicted molar refractivity (Wildman–Crippen MR) is 97.7 cm³/mol. The maximum atomic E-state index is 12.1. The molecular formula is C18H23ClN4O. The molecule has 1 aliphatic rings. The minimum Gasteiger partial charge on any atom is -0.370 e. The summed E-state index contributed by atoms with van der Waals surface area (Å²) in [6.45, 7) is 4.87. The summed E-state index contributed by atoms with van der Waals surface area (Å²) in [5.41, 5.74) is 1.81. The van der Waals surface area contributed by atoms with E-state index in [1.165, 1.54) is 12.8 Å². The van der Waals surface area contributed by atoms with E-state index in [2.05, 4.69) is 19.8 Å². The van der Waals surface area contributed by atoms with Crippen LogP contribution in [-0.4, -0.2) is 28.5 Å². The number of carbonyl (C=O) groups excluding carboxylic acids is 1. The Kier molecular flexibility index (Phi) is 5.41. The molecule has 0 bridgehead atoms. The first-order valence-electron chi connectivity index (χ1n) is 8.45. The number of amides is 1. The second-order valence-electron chi connectivity index (χ2n) is 6.18. The molecule has 2 heterocycles. The van der Waals surface area contributed by atoms with E-state index in [0.717, 1.165) is 43.3 Å². The molecule has 1 N–H and O–H groups in total. The molecule has 0 saturated carbocycles. The van der Waals surface area contributed by atoms with Gasteiger partial charge in [0.25, 0.3) is 0 Å². The summed E-state index contributed by atoms with van der Waals surface area (Å²) in [5, 5.41) is 3.63. The summed E-state index contributed by atoms with van der Waals surface area (Å²) in [6, 6.07) is 5.77. The Hall–Kier alpha value is -2.01. The average Bonchev–Trinajstić information content (AvgIpc) is 3.20. The van der Waals surface area contributed by atoms with Crippen LogP contribution >= 0.6 is 11.6 Å². The van der Waals surface area contributed by atoms with Gasteiger partial charge in [-0.25, -0.2) is 4.98 Å². The monoisotopic (exact) mass is 346 g/mol. The van der Waals surface area contributed by atoms with Crippen molar-refractivity contribution in [1.29, 1.82) is 0 Å². The first kappa shape index (κ1) is 16.8. The minimum absolute atomic E-state index is 0.0118. The molecule has 1 aliphatic heterocycles. The summed E-state index contributed by atoms with van der Waals surface area (Å²) in [5.74, 6) is 0.984. The SMILES string of the molecule is Cc1nccn1CCCC(=O)Nc1ccc(N2CCCC2)c(Cl)c1. The highest BCUT2D eigenvalue weighted by Gasteiger charge is 2.15. The standard InChI is InChI=1S/C18H23ClN4O/c1-14-20-8-12-22(14)11-4-5-18(24)21-15-6-7-17(16(19)13-15)23-9-2-3-10-23/h6-8,12-13H,2-5,9-11H2,1H3,(H,21,24). The van der Waals surface area contributed by atoms with Crippen molar-refractivity contribution in [2.75, 3.05) is 23.3 Å². The van der Waals surface area contributed by atoms with Crippen LogP contribution in [0.2, 0.25) is 5.02 Å². The van der Waals surface area contributed by atoms with Gasteiger partial charge in [0.05, 0.1) is 10.7 Å². The Bertz CT molecular complexity index is 707. The van der Waals surface area contributed by atoms with Crippen molar-refractivity contribution < 1.29 is 4.79 Å². The third-order valence-corrected chi connectivity index (χ3v) is 4.71. The molecule has 0 spiro atoms. The van der Waals surface area contributed by atoms with Gasteiger partial charge in [0.2, 0.25) is 5.91 Å². The van der Waals surface area contributed by atoms with Gasteiger partial charge in [0.15, 0.2) is 0 Å². The third kappa shape index (κ3) is 4.09. The number of nitrogens with zero attached hydrogens (tertiary/aromatic N) is 3. The highest BCUT2D eigenvalue weighted by Crippen LogP contribution is 2.31. The second kappa shape index (κ2) is 7.71. The molecule has 0 unspecified atom stereocenters. The van der Waals surface area contributed by atoms with E-state index < -0.39 is 0 Å². The number of imidazole rings is 1. The Morgan fingerprint density at radius 3 is 2.79 bits per heavy atom. The zero-order valence-corrected chi connectivity index (χ0v) is 14.7. The molecule has 5 nitrogen and oxygen atoms in total. The van der Waals surface area contributed by atoms with Gasteiger partial charge in [-0.3, -0.25) is 4.79 Å². The van der Waals surface area contributed by atoms with Crippen molar-refractivity contribution in [3.8, 4) is 0 Å². The largest absolute Gasteiger partial charge is 0.370 e.